The van der Waals surface area contributed by atoms with E-state index in [1.54, 1.807) is 23.1 Å². The van der Waals surface area contributed by atoms with Gasteiger partial charge in [0.2, 0.25) is 0 Å². The molecule has 1 amide bonds. The van der Waals surface area contributed by atoms with Gasteiger partial charge in [-0.3, -0.25) is 14.7 Å². The molecule has 1 aliphatic heterocycles. The average Bonchev–Trinajstić information content (AvgIpc) is 2.59. The number of benzene rings is 1. The van der Waals surface area contributed by atoms with Gasteiger partial charge < -0.3 is 5.32 Å². The number of fused-ring (bicyclic) bond motifs is 1. The van der Waals surface area contributed by atoms with Crippen LogP contribution in [0.5, 0.6) is 0 Å². The van der Waals surface area contributed by atoms with Crippen LogP contribution in [0.4, 0.5) is 13.2 Å². The first-order valence-corrected chi connectivity index (χ1v) is 10.0. The Morgan fingerprint density at radius 3 is 2.83 bits per heavy atom. The zero-order valence-corrected chi connectivity index (χ0v) is 17.1. The molecule has 7 heteroatoms. The maximum Gasteiger partial charge on any atom is 0.260 e. The number of halogens is 3. The van der Waals surface area contributed by atoms with Crippen LogP contribution in [-0.4, -0.2) is 46.9 Å². The summed E-state index contributed by atoms with van der Waals surface area (Å²) in [7, 11) is 0. The number of carbonyl (C=O) groups is 1. The number of likely N-dealkylation sites (tertiary alicyclic amines) is 1. The maximum atomic E-state index is 13.8. The second kappa shape index (κ2) is 8.30. The van der Waals surface area contributed by atoms with Crippen LogP contribution < -0.4 is 5.32 Å². The standard InChI is InChI=1S/C22H28F3N3O/c1-15(2)11-21(3,13-28-9-5-8-22(24,25)14-28)27-20(29)17-10-16-6-4-7-18(23)19(16)26-12-17/h4,6-7,10,12,15H,5,8-9,11,13-14H2,1-3H3,(H,27,29). The molecule has 1 atom stereocenters. The first-order valence-electron chi connectivity index (χ1n) is 10.0. The summed E-state index contributed by atoms with van der Waals surface area (Å²) in [5, 5.41) is 3.58. The van der Waals surface area contributed by atoms with Gasteiger partial charge in [0.15, 0.2) is 0 Å². The number of para-hydroxylation sites is 1. The fourth-order valence-electron chi connectivity index (χ4n) is 4.33. The van der Waals surface area contributed by atoms with Gasteiger partial charge >= 0.3 is 0 Å². The molecule has 1 aromatic heterocycles. The molecule has 1 N–H and O–H groups in total. The van der Waals surface area contributed by atoms with Gasteiger partial charge in [-0.25, -0.2) is 13.2 Å². The second-order valence-electron chi connectivity index (χ2n) is 8.82. The van der Waals surface area contributed by atoms with E-state index in [1.165, 1.54) is 12.3 Å². The van der Waals surface area contributed by atoms with Crippen molar-refractivity contribution in [1.82, 2.24) is 15.2 Å². The van der Waals surface area contributed by atoms with Crippen molar-refractivity contribution in [3.8, 4) is 0 Å². The van der Waals surface area contributed by atoms with Gasteiger partial charge in [0.1, 0.15) is 11.3 Å². The Balaban J connectivity index is 1.79. The lowest BCUT2D eigenvalue weighted by molar-refractivity contribution is -0.0691. The quantitative estimate of drug-likeness (QED) is 0.759. The number of pyridine rings is 1. The van der Waals surface area contributed by atoms with Gasteiger partial charge in [-0.1, -0.05) is 26.0 Å². The molecule has 0 aliphatic carbocycles. The summed E-state index contributed by atoms with van der Waals surface area (Å²) in [6, 6.07) is 6.19. The van der Waals surface area contributed by atoms with Crippen molar-refractivity contribution in [2.45, 2.75) is 51.5 Å². The van der Waals surface area contributed by atoms with Crippen LogP contribution in [0.2, 0.25) is 0 Å². The lowest BCUT2D eigenvalue weighted by Gasteiger charge is -2.40. The molecule has 0 saturated carbocycles. The molecule has 0 bridgehead atoms. The SMILES string of the molecule is CC(C)CC(C)(CN1CCCC(F)(F)C1)NC(=O)c1cnc2c(F)cccc2c1. The maximum absolute atomic E-state index is 13.8. The molecule has 1 aromatic carbocycles. The van der Waals surface area contributed by atoms with Gasteiger partial charge in [0.25, 0.3) is 11.8 Å². The molecule has 2 heterocycles. The number of rotatable bonds is 6. The minimum absolute atomic E-state index is 0.0872. The average molecular weight is 407 g/mol. The predicted octanol–water partition coefficient (Wildman–Crippen LogP) is 4.64. The van der Waals surface area contributed by atoms with E-state index in [1.807, 2.05) is 20.8 Å². The minimum Gasteiger partial charge on any atom is -0.346 e. The van der Waals surface area contributed by atoms with Crippen molar-refractivity contribution in [3.63, 3.8) is 0 Å². The van der Waals surface area contributed by atoms with E-state index in [2.05, 4.69) is 10.3 Å². The highest BCUT2D eigenvalue weighted by molar-refractivity contribution is 5.97. The molecular weight excluding hydrogens is 379 g/mol. The van der Waals surface area contributed by atoms with E-state index >= 15 is 0 Å². The van der Waals surface area contributed by atoms with E-state index in [9.17, 15) is 18.0 Å². The second-order valence-corrected chi connectivity index (χ2v) is 8.82. The summed E-state index contributed by atoms with van der Waals surface area (Å²) >= 11 is 0. The van der Waals surface area contributed by atoms with Crippen LogP contribution in [0.15, 0.2) is 30.5 Å². The highest BCUT2D eigenvalue weighted by atomic mass is 19.3. The first-order chi connectivity index (χ1) is 13.6. The van der Waals surface area contributed by atoms with Crippen molar-refractivity contribution in [1.29, 1.82) is 0 Å². The van der Waals surface area contributed by atoms with Crippen LogP contribution in [-0.2, 0) is 0 Å². The van der Waals surface area contributed by atoms with Gasteiger partial charge in [-0.05, 0) is 44.4 Å². The Kier molecular flexibility index (Phi) is 6.17. The molecule has 1 saturated heterocycles. The summed E-state index contributed by atoms with van der Waals surface area (Å²) in [6.07, 6.45) is 2.36. The third-order valence-corrected chi connectivity index (χ3v) is 5.24. The van der Waals surface area contributed by atoms with Crippen molar-refractivity contribution in [2.75, 3.05) is 19.6 Å². The van der Waals surface area contributed by atoms with Crippen LogP contribution in [0.25, 0.3) is 10.9 Å². The molecule has 1 fully saturated rings. The zero-order valence-electron chi connectivity index (χ0n) is 17.1. The Bertz CT molecular complexity index is 887. The highest BCUT2D eigenvalue weighted by Crippen LogP contribution is 2.29. The molecule has 1 unspecified atom stereocenters. The summed E-state index contributed by atoms with van der Waals surface area (Å²) in [5.74, 6) is -3.19. The fraction of sp³-hybridized carbons (Fsp3) is 0.545. The number of piperidine rings is 1. The minimum atomic E-state index is -2.69. The topological polar surface area (TPSA) is 45.2 Å². The van der Waals surface area contributed by atoms with E-state index in [4.69, 9.17) is 0 Å². The zero-order chi connectivity index (χ0) is 21.2. The molecule has 0 radical (unpaired) electrons. The Hall–Kier alpha value is -2.15. The van der Waals surface area contributed by atoms with Crippen molar-refractivity contribution >= 4 is 16.8 Å². The Morgan fingerprint density at radius 2 is 2.14 bits per heavy atom. The summed E-state index contributed by atoms with van der Waals surface area (Å²) in [6.45, 7) is 6.63. The van der Waals surface area contributed by atoms with Crippen molar-refractivity contribution in [2.24, 2.45) is 5.92 Å². The molecule has 1 aliphatic rings. The van der Waals surface area contributed by atoms with E-state index < -0.39 is 17.3 Å². The van der Waals surface area contributed by atoms with Gasteiger partial charge in [0.05, 0.1) is 17.6 Å². The summed E-state index contributed by atoms with van der Waals surface area (Å²) < 4.78 is 41.5. The fourth-order valence-corrected chi connectivity index (χ4v) is 4.33. The monoisotopic (exact) mass is 407 g/mol. The Morgan fingerprint density at radius 1 is 1.38 bits per heavy atom. The molecular formula is C22H28F3N3O. The number of amides is 1. The number of nitrogens with zero attached hydrogens (tertiary/aromatic N) is 2. The third kappa shape index (κ3) is 5.47. The molecule has 2 aromatic rings. The Labute approximate surface area is 169 Å². The van der Waals surface area contributed by atoms with Crippen molar-refractivity contribution < 1.29 is 18.0 Å². The van der Waals surface area contributed by atoms with Crippen LogP contribution >= 0.6 is 0 Å². The van der Waals surface area contributed by atoms with Crippen LogP contribution in [0.3, 0.4) is 0 Å². The smallest absolute Gasteiger partial charge is 0.260 e. The molecule has 158 valence electrons. The number of hydrogen-bond donors (Lipinski definition) is 1. The summed E-state index contributed by atoms with van der Waals surface area (Å²) in [5.41, 5.74) is -0.137. The number of carbonyl (C=O) groups excluding carboxylic acids is 1. The largest absolute Gasteiger partial charge is 0.346 e. The third-order valence-electron chi connectivity index (χ3n) is 5.24. The lowest BCUT2D eigenvalue weighted by atomic mass is 9.88. The highest BCUT2D eigenvalue weighted by Gasteiger charge is 2.38. The molecule has 3 rings (SSSR count). The lowest BCUT2D eigenvalue weighted by Crippen LogP contribution is -2.57. The van der Waals surface area contributed by atoms with E-state index in [-0.39, 0.29) is 30.3 Å². The summed E-state index contributed by atoms with van der Waals surface area (Å²) in [4.78, 5) is 18.7. The molecule has 29 heavy (non-hydrogen) atoms. The van der Waals surface area contributed by atoms with E-state index in [0.29, 0.717) is 36.9 Å². The molecule has 0 spiro atoms. The number of alkyl halides is 2. The van der Waals surface area contributed by atoms with E-state index in [0.717, 1.165) is 0 Å². The first kappa shape index (κ1) is 21.6. The van der Waals surface area contributed by atoms with Crippen LogP contribution in [0, 0.1) is 11.7 Å². The molecule has 4 nitrogen and oxygen atoms in total. The normalized spacial score (nSPS) is 19.3. The van der Waals surface area contributed by atoms with Crippen molar-refractivity contribution in [3.05, 3.63) is 41.8 Å². The number of aromatic nitrogens is 1. The van der Waals surface area contributed by atoms with Gasteiger partial charge in [-0.15, -0.1) is 0 Å². The van der Waals surface area contributed by atoms with Gasteiger partial charge in [0, 0.05) is 24.5 Å². The van der Waals surface area contributed by atoms with Gasteiger partial charge in [-0.2, -0.15) is 0 Å². The van der Waals surface area contributed by atoms with Crippen LogP contribution in [0.1, 0.15) is 50.4 Å². The predicted molar refractivity (Wildman–Crippen MR) is 108 cm³/mol. The number of nitrogens with one attached hydrogen (secondary N) is 1. The number of hydrogen-bond acceptors (Lipinski definition) is 3.